The van der Waals surface area contributed by atoms with E-state index in [0.717, 1.165) is 0 Å². The van der Waals surface area contributed by atoms with Crippen LogP contribution in [-0.4, -0.2) is 77.4 Å². The summed E-state index contributed by atoms with van der Waals surface area (Å²) in [6, 6.07) is 5.56. The number of oxazole rings is 1. The van der Waals surface area contributed by atoms with E-state index in [1.165, 1.54) is 6.20 Å². The van der Waals surface area contributed by atoms with Crippen molar-refractivity contribution >= 4 is 34.8 Å². The molecule has 0 aliphatic carbocycles. The number of fused-ring (bicyclic) bond motifs is 1. The topological polar surface area (TPSA) is 93.8 Å². The second-order valence-electron chi connectivity index (χ2n) is 8.01. The summed E-state index contributed by atoms with van der Waals surface area (Å²) >= 11 is 5.91. The van der Waals surface area contributed by atoms with Gasteiger partial charge in [-0.3, -0.25) is 4.79 Å². The molecule has 5 heterocycles. The second kappa shape index (κ2) is 8.18. The highest BCUT2D eigenvalue weighted by Crippen LogP contribution is 2.26. The van der Waals surface area contributed by atoms with Gasteiger partial charge in [-0.05, 0) is 25.1 Å². The summed E-state index contributed by atoms with van der Waals surface area (Å²) in [6.45, 7) is 3.88. The Kier molecular flexibility index (Phi) is 5.34. The lowest BCUT2D eigenvalue weighted by Crippen LogP contribution is -2.50. The molecule has 11 heteroatoms. The summed E-state index contributed by atoms with van der Waals surface area (Å²) in [5.41, 5.74) is 0.704. The van der Waals surface area contributed by atoms with Gasteiger partial charge in [0, 0.05) is 37.9 Å². The van der Waals surface area contributed by atoms with Gasteiger partial charge in [0.15, 0.2) is 11.3 Å². The lowest BCUT2D eigenvalue weighted by atomic mass is 10.1. The van der Waals surface area contributed by atoms with E-state index in [1.807, 2.05) is 4.90 Å². The number of aryl methyl sites for hydroxylation is 1. The van der Waals surface area contributed by atoms with Gasteiger partial charge in [-0.25, -0.2) is 14.4 Å². The minimum Gasteiger partial charge on any atom is -0.474 e. The first kappa shape index (κ1) is 20.9. The summed E-state index contributed by atoms with van der Waals surface area (Å²) in [4.78, 5) is 29.4. The van der Waals surface area contributed by atoms with Crippen LogP contribution in [0.1, 0.15) is 15.9 Å². The molecule has 0 spiro atoms. The number of alkyl halides is 1. The van der Waals surface area contributed by atoms with Crippen molar-refractivity contribution in [2.45, 2.75) is 12.6 Å². The molecule has 0 N–H and O–H groups in total. The molecule has 5 rings (SSSR count). The molecular weight excluding hydrogens is 441 g/mol. The Morgan fingerprint density at radius 1 is 1.25 bits per heavy atom. The highest BCUT2D eigenvalue weighted by Gasteiger charge is 2.40. The Morgan fingerprint density at radius 3 is 2.72 bits per heavy atom. The maximum absolute atomic E-state index is 14.0. The molecule has 3 aromatic rings. The first-order chi connectivity index (χ1) is 15.4. The van der Waals surface area contributed by atoms with Crippen molar-refractivity contribution in [3.8, 4) is 5.88 Å². The Hall–Kier alpha value is -2.98. The number of carbonyl (C=O) groups excluding carboxylic acids is 1. The fourth-order valence-electron chi connectivity index (χ4n) is 3.64. The van der Waals surface area contributed by atoms with Gasteiger partial charge in [0.05, 0.1) is 18.8 Å². The van der Waals surface area contributed by atoms with E-state index >= 15 is 0 Å². The summed E-state index contributed by atoms with van der Waals surface area (Å²) in [7, 11) is 0. The predicted molar refractivity (Wildman–Crippen MR) is 114 cm³/mol. The molecule has 2 fully saturated rings. The van der Waals surface area contributed by atoms with Crippen molar-refractivity contribution in [3.63, 3.8) is 0 Å². The minimum atomic E-state index is -1.46. The van der Waals surface area contributed by atoms with Crippen molar-refractivity contribution in [1.29, 1.82) is 0 Å². The third-order valence-corrected chi connectivity index (χ3v) is 5.72. The van der Waals surface area contributed by atoms with Gasteiger partial charge in [-0.1, -0.05) is 11.6 Å². The van der Waals surface area contributed by atoms with E-state index in [9.17, 15) is 9.18 Å². The zero-order valence-electron chi connectivity index (χ0n) is 17.4. The molecule has 0 atom stereocenters. The quantitative estimate of drug-likeness (QED) is 0.535. The molecule has 3 aromatic heterocycles. The Labute approximate surface area is 188 Å². The maximum Gasteiger partial charge on any atom is 0.300 e. The fourth-order valence-corrected chi connectivity index (χ4v) is 3.78. The average molecular weight is 462 g/mol. The van der Waals surface area contributed by atoms with Crippen LogP contribution < -0.4 is 9.64 Å². The summed E-state index contributed by atoms with van der Waals surface area (Å²) in [5.74, 6) is 0.201. The number of anilines is 1. The average Bonchev–Trinajstić information content (AvgIpc) is 3.20. The summed E-state index contributed by atoms with van der Waals surface area (Å²) < 4.78 is 30.2. The van der Waals surface area contributed by atoms with Crippen LogP contribution in [0.15, 0.2) is 28.8 Å². The molecule has 1 amide bonds. The largest absolute Gasteiger partial charge is 0.474 e. The number of rotatable bonds is 5. The molecule has 0 radical (unpaired) electrons. The zero-order valence-corrected chi connectivity index (χ0v) is 18.1. The van der Waals surface area contributed by atoms with Crippen LogP contribution in [-0.2, 0) is 4.74 Å². The summed E-state index contributed by atoms with van der Waals surface area (Å²) in [6.07, 6.45) is 1.47. The molecule has 32 heavy (non-hydrogen) atoms. The van der Waals surface area contributed by atoms with Crippen LogP contribution in [0.5, 0.6) is 5.88 Å². The van der Waals surface area contributed by atoms with E-state index in [-0.39, 0.29) is 25.7 Å². The van der Waals surface area contributed by atoms with Gasteiger partial charge in [-0.2, -0.15) is 4.98 Å². The molecule has 9 nitrogen and oxygen atoms in total. The van der Waals surface area contributed by atoms with Crippen LogP contribution in [0.4, 0.5) is 10.4 Å². The van der Waals surface area contributed by atoms with E-state index in [2.05, 4.69) is 15.0 Å². The molecule has 0 unspecified atom stereocenters. The number of halogens is 2. The van der Waals surface area contributed by atoms with Crippen LogP contribution in [0, 0.1) is 6.92 Å². The fraction of sp³-hybridized carbons (Fsp3) is 0.429. The van der Waals surface area contributed by atoms with Gasteiger partial charge >= 0.3 is 0 Å². The number of nitrogens with zero attached hydrogens (tertiary/aromatic N) is 5. The van der Waals surface area contributed by atoms with Crippen molar-refractivity contribution in [2.24, 2.45) is 0 Å². The van der Waals surface area contributed by atoms with Gasteiger partial charge in [0.25, 0.3) is 11.9 Å². The van der Waals surface area contributed by atoms with Crippen LogP contribution in [0.2, 0.25) is 5.15 Å². The van der Waals surface area contributed by atoms with Gasteiger partial charge in [0.2, 0.25) is 11.5 Å². The van der Waals surface area contributed by atoms with Crippen LogP contribution in [0.25, 0.3) is 11.2 Å². The zero-order chi connectivity index (χ0) is 22.3. The van der Waals surface area contributed by atoms with E-state index in [0.29, 0.717) is 65.6 Å². The van der Waals surface area contributed by atoms with Crippen molar-refractivity contribution in [1.82, 2.24) is 19.9 Å². The van der Waals surface area contributed by atoms with Crippen molar-refractivity contribution < 1.29 is 23.1 Å². The SMILES string of the molecule is Cc1cc(C(=O)N2CCN(c3nc4nc(Cl)ccc4o3)CC2)cnc1OCC1(F)COC1. The molecular formula is C21H21ClFN5O4. The van der Waals surface area contributed by atoms with E-state index in [4.69, 9.17) is 25.5 Å². The highest BCUT2D eigenvalue weighted by molar-refractivity contribution is 6.29. The Bertz CT molecular complexity index is 1160. The molecule has 2 aliphatic rings. The van der Waals surface area contributed by atoms with E-state index in [1.54, 1.807) is 30.0 Å². The number of pyridine rings is 2. The number of hydrogen-bond acceptors (Lipinski definition) is 8. The lowest BCUT2D eigenvalue weighted by Gasteiger charge is -2.34. The molecule has 0 saturated carbocycles. The summed E-state index contributed by atoms with van der Waals surface area (Å²) in [5, 5.41) is 0.356. The normalized spacial score (nSPS) is 18.0. The first-order valence-corrected chi connectivity index (χ1v) is 10.6. The van der Waals surface area contributed by atoms with Gasteiger partial charge in [-0.15, -0.1) is 0 Å². The minimum absolute atomic E-state index is 0.0302. The van der Waals surface area contributed by atoms with Crippen molar-refractivity contribution in [2.75, 3.05) is 50.9 Å². The molecule has 2 aliphatic heterocycles. The molecule has 0 bridgehead atoms. The monoisotopic (exact) mass is 461 g/mol. The van der Waals surface area contributed by atoms with E-state index < -0.39 is 5.67 Å². The first-order valence-electron chi connectivity index (χ1n) is 10.2. The van der Waals surface area contributed by atoms with Crippen LogP contribution in [0.3, 0.4) is 0 Å². The standard InChI is InChI=1S/C21H21ClFN5O4/c1-13-8-14(9-24-18(13)31-12-21(23)10-30-11-21)19(29)27-4-6-28(7-5-27)20-26-17-15(32-20)2-3-16(22)25-17/h2-3,8-9H,4-7,10-12H2,1H3. The molecule has 168 valence electrons. The molecule has 2 saturated heterocycles. The highest BCUT2D eigenvalue weighted by atomic mass is 35.5. The van der Waals surface area contributed by atoms with Gasteiger partial charge in [0.1, 0.15) is 11.8 Å². The Balaban J connectivity index is 1.20. The van der Waals surface area contributed by atoms with Crippen LogP contribution >= 0.6 is 11.6 Å². The molecule has 0 aromatic carbocycles. The predicted octanol–water partition coefficient (Wildman–Crippen LogP) is 2.66. The second-order valence-corrected chi connectivity index (χ2v) is 8.40. The van der Waals surface area contributed by atoms with Gasteiger partial charge < -0.3 is 23.7 Å². The third kappa shape index (κ3) is 4.07. The number of piperazine rings is 1. The Morgan fingerprint density at radius 2 is 2.03 bits per heavy atom. The number of amides is 1. The smallest absolute Gasteiger partial charge is 0.300 e. The number of hydrogen-bond donors (Lipinski definition) is 0. The number of carbonyl (C=O) groups is 1. The van der Waals surface area contributed by atoms with Crippen molar-refractivity contribution in [3.05, 3.63) is 40.7 Å². The number of aromatic nitrogens is 3. The third-order valence-electron chi connectivity index (χ3n) is 5.51. The lowest BCUT2D eigenvalue weighted by molar-refractivity contribution is -0.146. The maximum atomic E-state index is 14.0. The number of ether oxygens (including phenoxy) is 2.